The summed E-state index contributed by atoms with van der Waals surface area (Å²) in [6.07, 6.45) is 2.96. The molecule has 4 nitrogen and oxygen atoms in total. The Balaban J connectivity index is 2.89. The minimum Gasteiger partial charge on any atom is -0.342 e. The van der Waals surface area contributed by atoms with Crippen LogP contribution in [0.1, 0.15) is 60.8 Å². The number of amides is 2. The Kier molecular flexibility index (Phi) is 6.69. The van der Waals surface area contributed by atoms with Crippen molar-refractivity contribution in [2.75, 3.05) is 6.54 Å². The topological polar surface area (TPSA) is 49.4 Å². The van der Waals surface area contributed by atoms with Gasteiger partial charge >= 0.3 is 0 Å². The minimum atomic E-state index is -0.364. The van der Waals surface area contributed by atoms with E-state index in [1.54, 1.807) is 0 Å². The third-order valence-corrected chi connectivity index (χ3v) is 4.48. The first-order valence-corrected chi connectivity index (χ1v) is 8.40. The second-order valence-electron chi connectivity index (χ2n) is 7.13. The van der Waals surface area contributed by atoms with Gasteiger partial charge in [-0.2, -0.15) is 0 Å². The van der Waals surface area contributed by atoms with Gasteiger partial charge in [-0.25, -0.2) is 0 Å². The molecule has 4 heteroatoms. The lowest BCUT2D eigenvalue weighted by atomic mass is 9.90. The van der Waals surface area contributed by atoms with Crippen molar-refractivity contribution in [2.45, 2.75) is 72.9 Å². The van der Waals surface area contributed by atoms with Crippen LogP contribution < -0.4 is 5.32 Å². The molecular weight excluding hydrogens is 264 g/mol. The molecule has 0 aromatic heterocycles. The summed E-state index contributed by atoms with van der Waals surface area (Å²) in [5, 5.41) is 2.93. The van der Waals surface area contributed by atoms with Crippen LogP contribution in [-0.4, -0.2) is 35.3 Å². The molecule has 0 bridgehead atoms. The lowest BCUT2D eigenvalue weighted by Gasteiger charge is -2.42. The highest BCUT2D eigenvalue weighted by molar-refractivity contribution is 5.97. The summed E-state index contributed by atoms with van der Waals surface area (Å²) in [6.45, 7) is 13.2. The highest BCUT2D eigenvalue weighted by Gasteiger charge is 2.43. The van der Waals surface area contributed by atoms with Crippen molar-refractivity contribution >= 4 is 11.8 Å². The summed E-state index contributed by atoms with van der Waals surface area (Å²) in [6, 6.07) is -0.665. The fourth-order valence-corrected chi connectivity index (χ4v) is 2.92. The van der Waals surface area contributed by atoms with E-state index in [4.69, 9.17) is 0 Å². The number of rotatable bonds is 7. The molecule has 0 spiro atoms. The maximum atomic E-state index is 12.7. The van der Waals surface area contributed by atoms with Gasteiger partial charge in [-0.15, -0.1) is 0 Å². The molecule has 3 unspecified atom stereocenters. The SMILES string of the molecule is CCC(C)C1C(=O)NC(C(C)C)C(=O)N1CCCC(C)C. The Morgan fingerprint density at radius 3 is 2.24 bits per heavy atom. The van der Waals surface area contributed by atoms with Crippen LogP contribution in [0.15, 0.2) is 0 Å². The van der Waals surface area contributed by atoms with Crippen LogP contribution in [0.5, 0.6) is 0 Å². The zero-order valence-corrected chi connectivity index (χ0v) is 14.5. The molecule has 0 radical (unpaired) electrons. The third-order valence-electron chi connectivity index (χ3n) is 4.48. The summed E-state index contributed by atoms with van der Waals surface area (Å²) in [7, 11) is 0. The third kappa shape index (κ3) is 4.45. The Hall–Kier alpha value is -1.06. The molecule has 122 valence electrons. The van der Waals surface area contributed by atoms with Gasteiger partial charge in [0, 0.05) is 6.54 Å². The van der Waals surface area contributed by atoms with Gasteiger partial charge < -0.3 is 10.2 Å². The number of hydrogen-bond donors (Lipinski definition) is 1. The van der Waals surface area contributed by atoms with Crippen molar-refractivity contribution in [2.24, 2.45) is 17.8 Å². The van der Waals surface area contributed by atoms with Gasteiger partial charge in [-0.05, 0) is 30.6 Å². The molecule has 1 N–H and O–H groups in total. The van der Waals surface area contributed by atoms with Gasteiger partial charge in [0.15, 0.2) is 0 Å². The second-order valence-corrected chi connectivity index (χ2v) is 7.13. The van der Waals surface area contributed by atoms with Gasteiger partial charge in [-0.3, -0.25) is 9.59 Å². The fraction of sp³-hybridized carbons (Fsp3) is 0.882. The Morgan fingerprint density at radius 2 is 1.76 bits per heavy atom. The van der Waals surface area contributed by atoms with Gasteiger partial charge in [-0.1, -0.05) is 48.0 Å². The summed E-state index contributed by atoms with van der Waals surface area (Å²) < 4.78 is 0. The van der Waals surface area contributed by atoms with E-state index in [0.717, 1.165) is 19.3 Å². The monoisotopic (exact) mass is 296 g/mol. The minimum absolute atomic E-state index is 0.0206. The number of piperazine rings is 1. The number of nitrogens with zero attached hydrogens (tertiary/aromatic N) is 1. The van der Waals surface area contributed by atoms with E-state index in [1.165, 1.54) is 0 Å². The fourth-order valence-electron chi connectivity index (χ4n) is 2.92. The molecule has 1 aliphatic heterocycles. The van der Waals surface area contributed by atoms with Crippen LogP contribution in [0.3, 0.4) is 0 Å². The predicted molar refractivity (Wildman–Crippen MR) is 85.8 cm³/mol. The van der Waals surface area contributed by atoms with Crippen LogP contribution in [-0.2, 0) is 9.59 Å². The Labute approximate surface area is 129 Å². The Bertz CT molecular complexity index is 366. The molecule has 0 saturated carbocycles. The average Bonchev–Trinajstić information content (AvgIpc) is 2.40. The van der Waals surface area contributed by atoms with E-state index < -0.39 is 0 Å². The molecule has 1 saturated heterocycles. The summed E-state index contributed by atoms with van der Waals surface area (Å²) in [5.41, 5.74) is 0. The zero-order valence-electron chi connectivity index (χ0n) is 14.5. The normalized spacial score (nSPS) is 24.7. The lowest BCUT2D eigenvalue weighted by molar-refractivity contribution is -0.152. The van der Waals surface area contributed by atoms with Crippen LogP contribution in [0.25, 0.3) is 0 Å². The number of hydrogen-bond acceptors (Lipinski definition) is 2. The number of nitrogens with one attached hydrogen (secondary N) is 1. The molecule has 0 aliphatic carbocycles. The van der Waals surface area contributed by atoms with Gasteiger partial charge in [0.05, 0.1) is 0 Å². The quantitative estimate of drug-likeness (QED) is 0.785. The highest BCUT2D eigenvalue weighted by Crippen LogP contribution is 2.23. The van der Waals surface area contributed by atoms with Crippen molar-refractivity contribution in [1.82, 2.24) is 10.2 Å². The Morgan fingerprint density at radius 1 is 1.14 bits per heavy atom. The molecular formula is C17H32N2O2. The smallest absolute Gasteiger partial charge is 0.246 e. The zero-order chi connectivity index (χ0) is 16.2. The van der Waals surface area contributed by atoms with Crippen molar-refractivity contribution < 1.29 is 9.59 Å². The number of carbonyl (C=O) groups is 2. The molecule has 0 aromatic carbocycles. The second kappa shape index (κ2) is 7.81. The predicted octanol–water partition coefficient (Wildman–Crippen LogP) is 2.82. The van der Waals surface area contributed by atoms with Crippen molar-refractivity contribution in [1.29, 1.82) is 0 Å². The maximum absolute atomic E-state index is 12.7. The first-order valence-electron chi connectivity index (χ1n) is 8.40. The van der Waals surface area contributed by atoms with E-state index in [0.29, 0.717) is 12.5 Å². The molecule has 3 atom stereocenters. The molecule has 1 fully saturated rings. The standard InChI is InChI=1S/C17H32N2O2/c1-7-13(6)15-16(20)18-14(12(4)5)17(21)19(15)10-8-9-11(2)3/h11-15H,7-10H2,1-6H3,(H,18,20). The molecule has 0 aromatic rings. The first kappa shape index (κ1) is 18.0. The van der Waals surface area contributed by atoms with Crippen molar-refractivity contribution in [3.63, 3.8) is 0 Å². The van der Waals surface area contributed by atoms with Crippen LogP contribution in [0, 0.1) is 17.8 Å². The van der Waals surface area contributed by atoms with Crippen LogP contribution >= 0.6 is 0 Å². The average molecular weight is 296 g/mol. The van der Waals surface area contributed by atoms with E-state index in [9.17, 15) is 9.59 Å². The summed E-state index contributed by atoms with van der Waals surface area (Å²) in [5.74, 6) is 1.07. The summed E-state index contributed by atoms with van der Waals surface area (Å²) in [4.78, 5) is 27.0. The first-order chi connectivity index (χ1) is 9.79. The summed E-state index contributed by atoms with van der Waals surface area (Å²) >= 11 is 0. The molecule has 21 heavy (non-hydrogen) atoms. The van der Waals surface area contributed by atoms with Crippen molar-refractivity contribution in [3.05, 3.63) is 0 Å². The molecule has 1 heterocycles. The largest absolute Gasteiger partial charge is 0.342 e. The van der Waals surface area contributed by atoms with E-state index >= 15 is 0 Å². The molecule has 2 amide bonds. The van der Waals surface area contributed by atoms with E-state index in [-0.39, 0.29) is 35.7 Å². The van der Waals surface area contributed by atoms with Crippen molar-refractivity contribution in [3.8, 4) is 0 Å². The van der Waals surface area contributed by atoms with E-state index in [2.05, 4.69) is 33.0 Å². The van der Waals surface area contributed by atoms with Crippen LogP contribution in [0.2, 0.25) is 0 Å². The van der Waals surface area contributed by atoms with Gasteiger partial charge in [0.1, 0.15) is 12.1 Å². The van der Waals surface area contributed by atoms with Gasteiger partial charge in [0.25, 0.3) is 0 Å². The maximum Gasteiger partial charge on any atom is 0.246 e. The van der Waals surface area contributed by atoms with E-state index in [1.807, 2.05) is 18.7 Å². The number of carbonyl (C=O) groups excluding carboxylic acids is 2. The lowest BCUT2D eigenvalue weighted by Crippen LogP contribution is -2.66. The molecule has 1 aliphatic rings. The highest BCUT2D eigenvalue weighted by atomic mass is 16.2. The van der Waals surface area contributed by atoms with Gasteiger partial charge in [0.2, 0.25) is 11.8 Å². The van der Waals surface area contributed by atoms with Crippen LogP contribution in [0.4, 0.5) is 0 Å². The molecule has 1 rings (SSSR count).